The molecule has 1 aliphatic carbocycles. The molecule has 0 unspecified atom stereocenters. The third-order valence-corrected chi connectivity index (χ3v) is 7.61. The normalized spacial score (nSPS) is 23.2. The predicted octanol–water partition coefficient (Wildman–Crippen LogP) is 4.21. The molecule has 2 amide bonds. The fraction of sp³-hybridized carbons (Fsp3) is 0.207. The van der Waals surface area contributed by atoms with Gasteiger partial charge in [0.15, 0.2) is 0 Å². The average molecular weight is 530 g/mol. The molecule has 0 bridgehead atoms. The molecule has 3 aromatic rings. The quantitative estimate of drug-likeness (QED) is 0.283. The molecular weight excluding hydrogens is 510 g/mol. The number of ketones is 2. The lowest BCUT2D eigenvalue weighted by Crippen LogP contribution is -2.51. The first kappa shape index (κ1) is 24.2. The summed E-state index contributed by atoms with van der Waals surface area (Å²) < 4.78 is 11.2. The van der Waals surface area contributed by atoms with Gasteiger partial charge in [-0.2, -0.15) is 0 Å². The van der Waals surface area contributed by atoms with Crippen molar-refractivity contribution in [2.75, 3.05) is 11.5 Å². The highest BCUT2D eigenvalue weighted by molar-refractivity contribution is 6.37. The minimum atomic E-state index is -2.16. The van der Waals surface area contributed by atoms with Crippen LogP contribution in [0.1, 0.15) is 49.7 Å². The van der Waals surface area contributed by atoms with Gasteiger partial charge < -0.3 is 9.47 Å². The molecule has 2 saturated heterocycles. The van der Waals surface area contributed by atoms with Crippen LogP contribution in [0.25, 0.3) is 0 Å². The van der Waals surface area contributed by atoms with Crippen molar-refractivity contribution >= 4 is 46.6 Å². The van der Waals surface area contributed by atoms with Gasteiger partial charge in [0.05, 0.1) is 35.8 Å². The van der Waals surface area contributed by atoms with E-state index in [9.17, 15) is 24.0 Å². The number of Topliss-reactive ketones (excluding diaryl/α,β-unsaturated/α-hetero) is 2. The van der Waals surface area contributed by atoms with Crippen molar-refractivity contribution in [2.45, 2.75) is 18.6 Å². The first-order chi connectivity index (χ1) is 18.3. The van der Waals surface area contributed by atoms with Gasteiger partial charge in [-0.1, -0.05) is 48.0 Å². The van der Waals surface area contributed by atoms with Gasteiger partial charge in [0.2, 0.25) is 29.0 Å². The van der Waals surface area contributed by atoms with Gasteiger partial charge in [0, 0.05) is 16.1 Å². The molecule has 2 heterocycles. The maximum atomic E-state index is 14.0. The number of hydrogen-bond donors (Lipinski definition) is 0. The van der Waals surface area contributed by atoms with Gasteiger partial charge >= 0.3 is 5.97 Å². The van der Waals surface area contributed by atoms with Crippen LogP contribution in [0.2, 0.25) is 5.02 Å². The monoisotopic (exact) mass is 529 g/mol. The molecule has 6 rings (SSSR count). The minimum absolute atomic E-state index is 0.158. The molecule has 0 radical (unpaired) electrons. The summed E-state index contributed by atoms with van der Waals surface area (Å²) in [4.78, 5) is 68.4. The Kier molecular flexibility index (Phi) is 5.55. The number of imide groups is 1. The number of esters is 1. The van der Waals surface area contributed by atoms with E-state index in [4.69, 9.17) is 21.1 Å². The van der Waals surface area contributed by atoms with E-state index in [0.717, 1.165) is 4.90 Å². The van der Waals surface area contributed by atoms with Crippen LogP contribution in [-0.4, -0.2) is 41.6 Å². The standard InChI is InChI=1S/C29H20ClNO7/c1-2-37-28(36)16-9-13-18(14-10-16)31-26(34)21-22(27(31)35)29(38-23(21)15-7-11-17(30)12-8-15)24(32)19-5-3-4-6-20(19)25(29)33/h3-14,21-23H,2H2,1H3/t21-,22-,23+/m0/s1. The Hall–Kier alpha value is -4.14. The van der Waals surface area contributed by atoms with Crippen molar-refractivity contribution in [1.29, 1.82) is 0 Å². The molecule has 190 valence electrons. The number of amides is 2. The Balaban J connectivity index is 1.46. The van der Waals surface area contributed by atoms with Crippen LogP contribution in [0.3, 0.4) is 0 Å². The largest absolute Gasteiger partial charge is 0.462 e. The van der Waals surface area contributed by atoms with E-state index in [0.29, 0.717) is 10.6 Å². The fourth-order valence-corrected chi connectivity index (χ4v) is 5.81. The minimum Gasteiger partial charge on any atom is -0.462 e. The summed E-state index contributed by atoms with van der Waals surface area (Å²) in [5, 5.41) is 0.454. The van der Waals surface area contributed by atoms with Crippen LogP contribution in [0.15, 0.2) is 72.8 Å². The smallest absolute Gasteiger partial charge is 0.338 e. The Bertz CT molecular complexity index is 1490. The molecule has 2 fully saturated rings. The van der Waals surface area contributed by atoms with Crippen molar-refractivity contribution in [3.8, 4) is 0 Å². The maximum Gasteiger partial charge on any atom is 0.338 e. The van der Waals surface area contributed by atoms with Gasteiger partial charge in [-0.05, 0) is 48.9 Å². The lowest BCUT2D eigenvalue weighted by atomic mass is 9.77. The summed E-state index contributed by atoms with van der Waals surface area (Å²) in [6.45, 7) is 1.89. The fourth-order valence-electron chi connectivity index (χ4n) is 5.69. The molecule has 38 heavy (non-hydrogen) atoms. The Labute approximate surface area is 222 Å². The number of halogens is 1. The highest BCUT2D eigenvalue weighted by Crippen LogP contribution is 2.57. The van der Waals surface area contributed by atoms with E-state index in [1.807, 2.05) is 0 Å². The average Bonchev–Trinajstić information content (AvgIpc) is 3.49. The summed E-state index contributed by atoms with van der Waals surface area (Å²) in [5.74, 6) is -5.61. The molecule has 1 spiro atoms. The van der Waals surface area contributed by atoms with Crippen LogP contribution in [0.5, 0.6) is 0 Å². The lowest BCUT2D eigenvalue weighted by Gasteiger charge is -2.27. The molecule has 9 heteroatoms. The number of benzene rings is 3. The summed E-state index contributed by atoms with van der Waals surface area (Å²) in [7, 11) is 0. The van der Waals surface area contributed by atoms with Crippen LogP contribution < -0.4 is 4.90 Å². The zero-order valence-electron chi connectivity index (χ0n) is 20.1. The van der Waals surface area contributed by atoms with E-state index in [1.54, 1.807) is 43.3 Å². The summed E-state index contributed by atoms with van der Waals surface area (Å²) in [6, 6.07) is 18.6. The molecule has 0 N–H and O–H groups in total. The van der Waals surface area contributed by atoms with E-state index >= 15 is 0 Å². The number of rotatable bonds is 4. The van der Waals surface area contributed by atoms with Crippen LogP contribution >= 0.6 is 11.6 Å². The topological polar surface area (TPSA) is 107 Å². The van der Waals surface area contributed by atoms with Gasteiger partial charge in [0.25, 0.3) is 0 Å². The first-order valence-electron chi connectivity index (χ1n) is 12.1. The van der Waals surface area contributed by atoms with Crippen molar-refractivity contribution in [2.24, 2.45) is 11.8 Å². The molecule has 8 nitrogen and oxygen atoms in total. The zero-order chi connectivity index (χ0) is 26.8. The Morgan fingerprint density at radius 3 is 2.08 bits per heavy atom. The van der Waals surface area contributed by atoms with Crippen molar-refractivity contribution in [1.82, 2.24) is 0 Å². The predicted molar refractivity (Wildman–Crippen MR) is 135 cm³/mol. The molecule has 0 aromatic heterocycles. The number of carbonyl (C=O) groups is 5. The SMILES string of the molecule is CCOC(=O)c1ccc(N2C(=O)[C@@H]3[C@@H](c4ccc(Cl)cc4)OC4(C(=O)c5ccccc5C4=O)[C@@H]3C2=O)cc1. The van der Waals surface area contributed by atoms with E-state index in [1.165, 1.54) is 36.4 Å². The molecule has 2 aliphatic heterocycles. The van der Waals surface area contributed by atoms with Crippen molar-refractivity contribution in [3.05, 3.63) is 100 Å². The van der Waals surface area contributed by atoms with E-state index < -0.39 is 52.9 Å². The zero-order valence-corrected chi connectivity index (χ0v) is 20.8. The maximum absolute atomic E-state index is 14.0. The molecule has 3 aliphatic rings. The van der Waals surface area contributed by atoms with Crippen LogP contribution in [-0.2, 0) is 19.1 Å². The Morgan fingerprint density at radius 1 is 0.895 bits per heavy atom. The summed E-state index contributed by atoms with van der Waals surface area (Å²) >= 11 is 6.06. The van der Waals surface area contributed by atoms with E-state index in [-0.39, 0.29) is 29.0 Å². The van der Waals surface area contributed by atoms with Gasteiger partial charge in [-0.3, -0.25) is 19.2 Å². The molecule has 0 saturated carbocycles. The number of hydrogen-bond acceptors (Lipinski definition) is 7. The molecule has 3 aromatic carbocycles. The number of anilines is 1. The van der Waals surface area contributed by atoms with E-state index in [2.05, 4.69) is 0 Å². The van der Waals surface area contributed by atoms with Crippen molar-refractivity contribution < 1.29 is 33.4 Å². The summed E-state index contributed by atoms with van der Waals surface area (Å²) in [6.07, 6.45) is -1.04. The van der Waals surface area contributed by atoms with Crippen LogP contribution in [0, 0.1) is 11.8 Å². The van der Waals surface area contributed by atoms with Gasteiger partial charge in [-0.15, -0.1) is 0 Å². The van der Waals surface area contributed by atoms with Gasteiger partial charge in [0.1, 0.15) is 0 Å². The number of ether oxygens (including phenoxy) is 2. The lowest BCUT2D eigenvalue weighted by molar-refractivity contribution is -0.127. The Morgan fingerprint density at radius 2 is 1.50 bits per heavy atom. The first-order valence-corrected chi connectivity index (χ1v) is 12.4. The second-order valence-corrected chi connectivity index (χ2v) is 9.75. The third kappa shape index (κ3) is 3.23. The number of nitrogens with zero attached hydrogens (tertiary/aromatic N) is 1. The second-order valence-electron chi connectivity index (χ2n) is 9.31. The number of fused-ring (bicyclic) bond motifs is 3. The van der Waals surface area contributed by atoms with Gasteiger partial charge in [-0.25, -0.2) is 9.69 Å². The van der Waals surface area contributed by atoms with Crippen LogP contribution in [0.4, 0.5) is 5.69 Å². The highest BCUT2D eigenvalue weighted by Gasteiger charge is 2.74. The molecule has 3 atom stereocenters. The molecular formula is C29H20ClNO7. The highest BCUT2D eigenvalue weighted by atomic mass is 35.5. The third-order valence-electron chi connectivity index (χ3n) is 7.35. The summed E-state index contributed by atoms with van der Waals surface area (Å²) in [5.41, 5.74) is -0.868. The second kappa shape index (κ2) is 8.72. The van der Waals surface area contributed by atoms with Crippen molar-refractivity contribution in [3.63, 3.8) is 0 Å². The number of carbonyl (C=O) groups excluding carboxylic acids is 5.